The maximum atomic E-state index is 11.5. The zero-order chi connectivity index (χ0) is 13.7. The smallest absolute Gasteiger partial charge is 0.337 e. The van der Waals surface area contributed by atoms with Crippen LogP contribution < -0.4 is 0 Å². The van der Waals surface area contributed by atoms with Crippen LogP contribution >= 0.6 is 0 Å². The average molecular weight is 254 g/mol. The summed E-state index contributed by atoms with van der Waals surface area (Å²) in [7, 11) is 1.40. The SMILES string of the molecule is CCCC=Cc1ccc2cc(C(=O)OC)ccc2c1. The highest BCUT2D eigenvalue weighted by atomic mass is 16.5. The third-order valence-corrected chi connectivity index (χ3v) is 3.05. The van der Waals surface area contributed by atoms with Crippen LogP contribution in [0.4, 0.5) is 0 Å². The van der Waals surface area contributed by atoms with Crippen LogP contribution in [0.3, 0.4) is 0 Å². The quantitative estimate of drug-likeness (QED) is 0.754. The number of ether oxygens (including phenoxy) is 1. The van der Waals surface area contributed by atoms with Crippen LogP contribution in [0.15, 0.2) is 42.5 Å². The van der Waals surface area contributed by atoms with E-state index in [1.54, 1.807) is 6.07 Å². The van der Waals surface area contributed by atoms with E-state index in [9.17, 15) is 4.79 Å². The normalized spacial score (nSPS) is 11.1. The second-order valence-electron chi connectivity index (χ2n) is 4.50. The number of carbonyl (C=O) groups excluding carboxylic acids is 1. The number of benzene rings is 2. The van der Waals surface area contributed by atoms with Gasteiger partial charge in [0.1, 0.15) is 0 Å². The Morgan fingerprint density at radius 2 is 1.89 bits per heavy atom. The van der Waals surface area contributed by atoms with Crippen molar-refractivity contribution in [1.29, 1.82) is 0 Å². The summed E-state index contributed by atoms with van der Waals surface area (Å²) in [5, 5.41) is 2.18. The first-order chi connectivity index (χ1) is 9.24. The summed E-state index contributed by atoms with van der Waals surface area (Å²) in [6.45, 7) is 2.17. The van der Waals surface area contributed by atoms with Gasteiger partial charge in [0.05, 0.1) is 12.7 Å². The summed E-state index contributed by atoms with van der Waals surface area (Å²) in [6, 6.07) is 11.8. The summed E-state index contributed by atoms with van der Waals surface area (Å²) in [5.41, 5.74) is 1.77. The molecule has 0 spiro atoms. The predicted molar refractivity (Wildman–Crippen MR) is 79.2 cm³/mol. The monoisotopic (exact) mass is 254 g/mol. The minimum Gasteiger partial charge on any atom is -0.465 e. The second kappa shape index (κ2) is 6.19. The summed E-state index contributed by atoms with van der Waals surface area (Å²) in [5.74, 6) is -0.297. The van der Waals surface area contributed by atoms with Crippen LogP contribution in [-0.2, 0) is 4.74 Å². The van der Waals surface area contributed by atoms with Gasteiger partial charge in [-0.3, -0.25) is 0 Å². The largest absolute Gasteiger partial charge is 0.465 e. The molecule has 2 heteroatoms. The Morgan fingerprint density at radius 3 is 2.63 bits per heavy atom. The first-order valence-electron chi connectivity index (χ1n) is 6.53. The zero-order valence-electron chi connectivity index (χ0n) is 11.3. The molecular formula is C17H18O2. The molecule has 0 unspecified atom stereocenters. The van der Waals surface area contributed by atoms with Gasteiger partial charge < -0.3 is 4.74 Å². The highest BCUT2D eigenvalue weighted by Gasteiger charge is 2.05. The molecule has 0 atom stereocenters. The Morgan fingerprint density at radius 1 is 1.16 bits per heavy atom. The van der Waals surface area contributed by atoms with Gasteiger partial charge >= 0.3 is 5.97 Å². The number of allylic oxidation sites excluding steroid dienone is 1. The fourth-order valence-corrected chi connectivity index (χ4v) is 2.00. The molecule has 0 saturated carbocycles. The van der Waals surface area contributed by atoms with Crippen molar-refractivity contribution in [3.63, 3.8) is 0 Å². The number of hydrogen-bond donors (Lipinski definition) is 0. The molecule has 0 aliphatic rings. The maximum Gasteiger partial charge on any atom is 0.337 e. The van der Waals surface area contributed by atoms with Gasteiger partial charge in [0.15, 0.2) is 0 Å². The molecule has 0 bridgehead atoms. The third-order valence-electron chi connectivity index (χ3n) is 3.05. The van der Waals surface area contributed by atoms with Gasteiger partial charge in [-0.05, 0) is 41.0 Å². The van der Waals surface area contributed by atoms with E-state index in [-0.39, 0.29) is 5.97 Å². The van der Waals surface area contributed by atoms with E-state index in [1.165, 1.54) is 12.7 Å². The van der Waals surface area contributed by atoms with Crippen molar-refractivity contribution in [2.24, 2.45) is 0 Å². The van der Waals surface area contributed by atoms with Crippen LogP contribution in [-0.4, -0.2) is 13.1 Å². The van der Waals surface area contributed by atoms with Gasteiger partial charge in [-0.15, -0.1) is 0 Å². The number of carbonyl (C=O) groups is 1. The fraction of sp³-hybridized carbons (Fsp3) is 0.235. The number of rotatable bonds is 4. The lowest BCUT2D eigenvalue weighted by Gasteiger charge is -2.03. The van der Waals surface area contributed by atoms with Crippen molar-refractivity contribution < 1.29 is 9.53 Å². The van der Waals surface area contributed by atoms with Crippen LogP contribution in [0.5, 0.6) is 0 Å². The molecule has 2 aromatic rings. The first-order valence-corrected chi connectivity index (χ1v) is 6.53. The van der Waals surface area contributed by atoms with Gasteiger partial charge in [0.2, 0.25) is 0 Å². The van der Waals surface area contributed by atoms with Gasteiger partial charge in [-0.1, -0.05) is 43.7 Å². The topological polar surface area (TPSA) is 26.3 Å². The van der Waals surface area contributed by atoms with E-state index in [0.717, 1.165) is 23.6 Å². The van der Waals surface area contributed by atoms with Crippen molar-refractivity contribution in [3.8, 4) is 0 Å². The molecule has 0 amide bonds. The second-order valence-corrected chi connectivity index (χ2v) is 4.50. The molecule has 0 N–H and O–H groups in total. The Bertz CT molecular complexity index is 612. The Balaban J connectivity index is 2.32. The Hall–Kier alpha value is -2.09. The minimum absolute atomic E-state index is 0.297. The van der Waals surface area contributed by atoms with Gasteiger partial charge in [-0.2, -0.15) is 0 Å². The molecule has 2 nitrogen and oxygen atoms in total. The molecule has 0 aromatic heterocycles. The van der Waals surface area contributed by atoms with Crippen LogP contribution in [0.25, 0.3) is 16.8 Å². The molecule has 2 aromatic carbocycles. The van der Waals surface area contributed by atoms with E-state index in [1.807, 2.05) is 18.2 Å². The molecule has 2 rings (SSSR count). The number of unbranched alkanes of at least 4 members (excludes halogenated alkanes) is 1. The molecule has 0 aliphatic carbocycles. The standard InChI is InChI=1S/C17H18O2/c1-3-4-5-6-13-7-8-15-12-16(17(18)19-2)10-9-14(15)11-13/h5-12H,3-4H2,1-2H3. The average Bonchev–Trinajstić information content (AvgIpc) is 2.46. The maximum absolute atomic E-state index is 11.5. The lowest BCUT2D eigenvalue weighted by molar-refractivity contribution is 0.0601. The number of hydrogen-bond acceptors (Lipinski definition) is 2. The highest BCUT2D eigenvalue weighted by molar-refractivity contribution is 5.95. The van der Waals surface area contributed by atoms with Crippen LogP contribution in [0, 0.1) is 0 Å². The van der Waals surface area contributed by atoms with Crippen molar-refractivity contribution >= 4 is 22.8 Å². The molecule has 0 aliphatic heterocycles. The minimum atomic E-state index is -0.297. The summed E-state index contributed by atoms with van der Waals surface area (Å²) < 4.78 is 4.72. The Kier molecular flexibility index (Phi) is 4.35. The van der Waals surface area contributed by atoms with Crippen molar-refractivity contribution in [3.05, 3.63) is 53.6 Å². The molecule has 0 saturated heterocycles. The highest BCUT2D eigenvalue weighted by Crippen LogP contribution is 2.19. The van der Waals surface area contributed by atoms with Crippen LogP contribution in [0.2, 0.25) is 0 Å². The molecule has 0 fully saturated rings. The molecule has 19 heavy (non-hydrogen) atoms. The fourth-order valence-electron chi connectivity index (χ4n) is 2.00. The van der Waals surface area contributed by atoms with Crippen LogP contribution in [0.1, 0.15) is 35.7 Å². The van der Waals surface area contributed by atoms with E-state index < -0.39 is 0 Å². The lowest BCUT2D eigenvalue weighted by atomic mass is 10.0. The number of fused-ring (bicyclic) bond motifs is 1. The van der Waals surface area contributed by atoms with Crippen molar-refractivity contribution in [1.82, 2.24) is 0 Å². The lowest BCUT2D eigenvalue weighted by Crippen LogP contribution is -2.00. The third kappa shape index (κ3) is 3.22. The van der Waals surface area contributed by atoms with Gasteiger partial charge in [-0.25, -0.2) is 4.79 Å². The number of methoxy groups -OCH3 is 1. The zero-order valence-corrected chi connectivity index (χ0v) is 11.3. The Labute approximate surface area is 113 Å². The summed E-state index contributed by atoms with van der Waals surface area (Å²) in [4.78, 5) is 11.5. The van der Waals surface area contributed by atoms with E-state index in [4.69, 9.17) is 4.74 Å². The molecular weight excluding hydrogens is 236 g/mol. The van der Waals surface area contributed by atoms with Crippen molar-refractivity contribution in [2.75, 3.05) is 7.11 Å². The van der Waals surface area contributed by atoms with Gasteiger partial charge in [0, 0.05) is 0 Å². The molecule has 0 radical (unpaired) electrons. The van der Waals surface area contributed by atoms with Crippen molar-refractivity contribution in [2.45, 2.75) is 19.8 Å². The predicted octanol–water partition coefficient (Wildman–Crippen LogP) is 4.44. The van der Waals surface area contributed by atoms with E-state index in [0.29, 0.717) is 5.56 Å². The molecule has 98 valence electrons. The summed E-state index contributed by atoms with van der Waals surface area (Å²) >= 11 is 0. The summed E-state index contributed by atoms with van der Waals surface area (Å²) in [6.07, 6.45) is 6.58. The first kappa shape index (κ1) is 13.3. The van der Waals surface area contributed by atoms with Gasteiger partial charge in [0.25, 0.3) is 0 Å². The molecule has 0 heterocycles. The van der Waals surface area contributed by atoms with E-state index >= 15 is 0 Å². The number of esters is 1. The van der Waals surface area contributed by atoms with E-state index in [2.05, 4.69) is 31.2 Å².